The van der Waals surface area contributed by atoms with Gasteiger partial charge in [0.05, 0.1) is 0 Å². The van der Waals surface area contributed by atoms with E-state index in [4.69, 9.17) is 0 Å². The zero-order valence-electron chi connectivity index (χ0n) is 17.2. The second-order valence-corrected chi connectivity index (χ2v) is 12.2. The summed E-state index contributed by atoms with van der Waals surface area (Å²) in [5, 5.41) is 0. The van der Waals surface area contributed by atoms with E-state index in [1.165, 1.54) is 36.0 Å². The minimum absolute atomic E-state index is 0.306. The molecule has 0 heterocycles. The zero-order chi connectivity index (χ0) is 19.7. The molecule has 0 bridgehead atoms. The van der Waals surface area contributed by atoms with Crippen molar-refractivity contribution in [2.45, 2.75) is 27.7 Å². The summed E-state index contributed by atoms with van der Waals surface area (Å²) < 4.78 is 0. The van der Waals surface area contributed by atoms with Crippen molar-refractivity contribution in [2.75, 3.05) is 12.3 Å². The summed E-state index contributed by atoms with van der Waals surface area (Å²) in [7, 11) is -0.612. The largest absolute Gasteiger partial charge is 0.0899 e. The standard InChI is InChI=1S/C26H28P2/c1-19-9-5-13-23(19)27(24-14-6-10-20(24)2)17-18-28(25-15-7-11-21(25)3)26-16-8-12-22(26)4/h5-16H,17-18H2,1-4H3. The third-order valence-corrected chi connectivity index (χ3v) is 11.8. The summed E-state index contributed by atoms with van der Waals surface area (Å²) >= 11 is 0. The molecule has 0 spiro atoms. The predicted octanol–water partition coefficient (Wildman–Crippen LogP) is 6.96. The monoisotopic (exact) mass is 402 g/mol. The summed E-state index contributed by atoms with van der Waals surface area (Å²) in [6.45, 7) is 9.09. The van der Waals surface area contributed by atoms with Crippen LogP contribution in [0.3, 0.4) is 0 Å². The maximum absolute atomic E-state index is 2.36. The first-order valence-electron chi connectivity index (χ1n) is 10.0. The van der Waals surface area contributed by atoms with Gasteiger partial charge in [0.1, 0.15) is 0 Å². The molecule has 4 saturated carbocycles. The van der Waals surface area contributed by atoms with Crippen LogP contribution < -0.4 is 0 Å². The van der Waals surface area contributed by atoms with Crippen molar-refractivity contribution in [3.8, 4) is 0 Å². The number of hydrogen-bond donors (Lipinski definition) is 0. The zero-order valence-corrected chi connectivity index (χ0v) is 19.0. The van der Waals surface area contributed by atoms with E-state index in [9.17, 15) is 0 Å². The van der Waals surface area contributed by atoms with Crippen molar-refractivity contribution in [1.29, 1.82) is 0 Å². The first-order valence-corrected chi connectivity index (χ1v) is 13.1. The molecule has 0 saturated heterocycles. The van der Waals surface area contributed by atoms with E-state index in [0.29, 0.717) is 0 Å². The first-order chi connectivity index (χ1) is 13.6. The Labute approximate surface area is 179 Å². The lowest BCUT2D eigenvalue weighted by Crippen LogP contribution is -2.15. The van der Waals surface area contributed by atoms with Crippen molar-refractivity contribution in [2.24, 2.45) is 0 Å². The Kier molecular flexibility index (Phi) is 7.87. The summed E-state index contributed by atoms with van der Waals surface area (Å²) in [6, 6.07) is 0. The molecule has 0 atom stereocenters. The third-order valence-electron chi connectivity index (χ3n) is 5.73. The molecule has 0 amide bonds. The highest BCUT2D eigenvalue weighted by Crippen LogP contribution is 2.72. The van der Waals surface area contributed by atoms with Gasteiger partial charge >= 0.3 is 0 Å². The summed E-state index contributed by atoms with van der Waals surface area (Å²) in [4.78, 5) is 0. The van der Waals surface area contributed by atoms with E-state index in [1.54, 1.807) is 22.6 Å². The lowest BCUT2D eigenvalue weighted by molar-refractivity contribution is 1.15. The lowest BCUT2D eigenvalue weighted by atomic mass is 10.1. The van der Waals surface area contributed by atoms with E-state index in [1.807, 2.05) is 0 Å². The Morgan fingerprint density at radius 3 is 0.857 bits per heavy atom. The molecule has 4 aliphatic carbocycles. The van der Waals surface area contributed by atoms with Crippen LogP contribution in [-0.4, -0.2) is 12.3 Å². The van der Waals surface area contributed by atoms with Crippen LogP contribution in [0.15, 0.2) is 0 Å². The van der Waals surface area contributed by atoms with Crippen molar-refractivity contribution < 1.29 is 0 Å². The minimum Gasteiger partial charge on any atom is -0.0899 e. The molecule has 0 nitrogen and oxygen atoms in total. The van der Waals surface area contributed by atoms with Gasteiger partial charge in [-0.3, -0.25) is 0 Å². The maximum Gasteiger partial charge on any atom is 0.0112 e. The second kappa shape index (κ2) is 9.99. The molecule has 20 radical (unpaired) electrons. The fourth-order valence-electron chi connectivity index (χ4n) is 4.15. The van der Waals surface area contributed by atoms with Crippen molar-refractivity contribution in [1.82, 2.24) is 0 Å². The highest BCUT2D eigenvalue weighted by molar-refractivity contribution is 7.69. The smallest absolute Gasteiger partial charge is 0.0112 e. The molecule has 0 aliphatic heterocycles. The fraction of sp³-hybridized carbons (Fsp3) is 0.231. The van der Waals surface area contributed by atoms with E-state index in [2.05, 4.69) is 105 Å². The Hall–Kier alpha value is 0.860. The lowest BCUT2D eigenvalue weighted by Gasteiger charge is -2.38. The molecular weight excluding hydrogens is 374 g/mol. The molecule has 0 N–H and O–H groups in total. The molecule has 4 rings (SSSR count). The Bertz CT molecular complexity index is 407. The maximum atomic E-state index is 2.36. The van der Waals surface area contributed by atoms with Crippen LogP contribution in [0.1, 0.15) is 27.7 Å². The van der Waals surface area contributed by atoms with Crippen molar-refractivity contribution >= 4 is 15.8 Å². The van der Waals surface area contributed by atoms with Gasteiger partial charge in [-0.15, -0.1) is 0 Å². The molecule has 0 aromatic carbocycles. The number of hydrogen-bond acceptors (Lipinski definition) is 0. The van der Waals surface area contributed by atoms with Crippen LogP contribution in [0, 0.1) is 123 Å². The van der Waals surface area contributed by atoms with Gasteiger partial charge in [-0.05, 0) is 113 Å². The van der Waals surface area contributed by atoms with Crippen LogP contribution >= 0.6 is 15.8 Å². The predicted molar refractivity (Wildman–Crippen MR) is 124 cm³/mol. The average Bonchev–Trinajstić information content (AvgIpc) is 3.45. The summed E-state index contributed by atoms with van der Waals surface area (Å²) in [5.74, 6) is 5.80. The van der Waals surface area contributed by atoms with Crippen molar-refractivity contribution in [3.63, 3.8) is 0 Å². The van der Waals surface area contributed by atoms with Gasteiger partial charge in [0, 0.05) is 22.6 Å². The Morgan fingerprint density at radius 1 is 0.429 bits per heavy atom. The summed E-state index contributed by atoms with van der Waals surface area (Å²) in [5.41, 5.74) is 6.27. The summed E-state index contributed by atoms with van der Waals surface area (Å²) in [6.07, 6.45) is 29.9. The van der Waals surface area contributed by atoms with Gasteiger partial charge in [0.15, 0.2) is 0 Å². The quantitative estimate of drug-likeness (QED) is 0.404. The van der Waals surface area contributed by atoms with E-state index >= 15 is 0 Å². The van der Waals surface area contributed by atoms with Crippen LogP contribution in [0.2, 0.25) is 0 Å². The molecule has 2 heteroatoms. The normalized spacial score (nSPS) is 28.9. The highest BCUT2D eigenvalue weighted by atomic mass is 31.1. The third kappa shape index (κ3) is 4.69. The fourth-order valence-corrected chi connectivity index (χ4v) is 10.3. The van der Waals surface area contributed by atoms with Gasteiger partial charge in [-0.2, -0.15) is 0 Å². The molecule has 142 valence electrons. The van der Waals surface area contributed by atoms with Crippen LogP contribution in [0.5, 0.6) is 0 Å². The average molecular weight is 402 g/mol. The minimum atomic E-state index is -0.306. The second-order valence-electron chi connectivity index (χ2n) is 7.68. The Balaban J connectivity index is 1.49. The molecule has 0 unspecified atom stereocenters. The Morgan fingerprint density at radius 2 is 0.679 bits per heavy atom. The topological polar surface area (TPSA) is 0 Å². The van der Waals surface area contributed by atoms with Gasteiger partial charge in [0.25, 0.3) is 0 Å². The molecule has 0 aromatic rings. The van der Waals surface area contributed by atoms with E-state index in [-0.39, 0.29) is 15.8 Å². The van der Waals surface area contributed by atoms with E-state index in [0.717, 1.165) is 0 Å². The molecule has 4 aliphatic rings. The molecule has 0 aromatic heterocycles. The van der Waals surface area contributed by atoms with Crippen LogP contribution in [0.25, 0.3) is 0 Å². The SMILES string of the molecule is C[C]1[CH][CH][CH][C]1P(CCP([C]1[CH][CH][CH][C]1C)[C]1[CH][CH][CH][C]1C)[C]1[CH][CH][CH][C]1C. The first kappa shape index (κ1) is 22.1. The molecule has 4 fully saturated rings. The number of rotatable bonds is 7. The van der Waals surface area contributed by atoms with Crippen molar-refractivity contribution in [3.05, 3.63) is 123 Å². The molecule has 28 heavy (non-hydrogen) atoms. The van der Waals surface area contributed by atoms with Crippen LogP contribution in [0.4, 0.5) is 0 Å². The van der Waals surface area contributed by atoms with Gasteiger partial charge < -0.3 is 0 Å². The van der Waals surface area contributed by atoms with E-state index < -0.39 is 0 Å². The van der Waals surface area contributed by atoms with Gasteiger partial charge in [0.2, 0.25) is 0 Å². The molecular formula is C26H28P2. The highest BCUT2D eigenvalue weighted by Gasteiger charge is 2.44. The van der Waals surface area contributed by atoms with Gasteiger partial charge in [-0.1, -0.05) is 43.5 Å². The van der Waals surface area contributed by atoms with Crippen LogP contribution in [-0.2, 0) is 0 Å². The van der Waals surface area contributed by atoms with Gasteiger partial charge in [-0.25, -0.2) is 0 Å².